The number of rotatable bonds is 8. The molecule has 1 fully saturated rings. The molecule has 1 rings (SSSR count). The third-order valence-corrected chi connectivity index (χ3v) is 2.97. The van der Waals surface area contributed by atoms with Gasteiger partial charge in [0.1, 0.15) is 6.61 Å². The van der Waals surface area contributed by atoms with Crippen LogP contribution in [0, 0.1) is 0 Å². The summed E-state index contributed by atoms with van der Waals surface area (Å²) < 4.78 is 15.3. The highest BCUT2D eigenvalue weighted by atomic mass is 16.5. The van der Waals surface area contributed by atoms with Crippen LogP contribution >= 0.6 is 0 Å². The fraction of sp³-hybridized carbons (Fsp3) is 0.909. The van der Waals surface area contributed by atoms with Crippen molar-refractivity contribution in [1.82, 2.24) is 5.32 Å². The highest BCUT2D eigenvalue weighted by Gasteiger charge is 2.37. The van der Waals surface area contributed by atoms with Crippen molar-refractivity contribution in [3.63, 3.8) is 0 Å². The Balaban J connectivity index is 2.05. The summed E-state index contributed by atoms with van der Waals surface area (Å²) in [6.45, 7) is 1.62. The van der Waals surface area contributed by atoms with E-state index in [1.54, 1.807) is 14.2 Å². The zero-order chi connectivity index (χ0) is 11.9. The maximum absolute atomic E-state index is 11.4. The van der Waals surface area contributed by atoms with Gasteiger partial charge in [-0.25, -0.2) is 0 Å². The van der Waals surface area contributed by atoms with Crippen molar-refractivity contribution in [2.45, 2.75) is 24.9 Å². The monoisotopic (exact) mass is 231 g/mol. The number of hydrogen-bond acceptors (Lipinski definition) is 4. The normalized spacial score (nSPS) is 17.9. The largest absolute Gasteiger partial charge is 0.382 e. The minimum absolute atomic E-state index is 0.0865. The Morgan fingerprint density at radius 3 is 2.56 bits per heavy atom. The first-order valence-electron chi connectivity index (χ1n) is 5.61. The number of ether oxygens (including phenoxy) is 3. The number of hydrogen-bond donors (Lipinski definition) is 1. The standard InChI is InChI=1S/C11H21NO4/c1-14-6-7-16-8-10(13)12-9-11(15-2)4-3-5-11/h3-9H2,1-2H3,(H,12,13). The van der Waals surface area contributed by atoms with E-state index in [1.807, 2.05) is 0 Å². The van der Waals surface area contributed by atoms with Gasteiger partial charge in [0.2, 0.25) is 5.91 Å². The Hall–Kier alpha value is -0.650. The number of amides is 1. The molecular formula is C11H21NO4. The molecule has 0 aromatic rings. The van der Waals surface area contributed by atoms with Crippen LogP contribution < -0.4 is 5.32 Å². The van der Waals surface area contributed by atoms with E-state index in [1.165, 1.54) is 6.42 Å². The zero-order valence-corrected chi connectivity index (χ0v) is 10.1. The molecule has 1 aliphatic carbocycles. The summed E-state index contributed by atoms with van der Waals surface area (Å²) in [6, 6.07) is 0. The summed E-state index contributed by atoms with van der Waals surface area (Å²) in [5.74, 6) is -0.0978. The molecule has 1 amide bonds. The zero-order valence-electron chi connectivity index (χ0n) is 10.1. The molecule has 0 saturated heterocycles. The molecule has 0 unspecified atom stereocenters. The van der Waals surface area contributed by atoms with Crippen LogP contribution in [0.4, 0.5) is 0 Å². The van der Waals surface area contributed by atoms with Crippen LogP contribution in [0.25, 0.3) is 0 Å². The molecule has 0 aromatic heterocycles. The van der Waals surface area contributed by atoms with E-state index in [2.05, 4.69) is 5.32 Å². The fourth-order valence-electron chi connectivity index (χ4n) is 1.64. The van der Waals surface area contributed by atoms with Gasteiger partial charge in [-0.3, -0.25) is 4.79 Å². The molecule has 1 saturated carbocycles. The van der Waals surface area contributed by atoms with Crippen LogP contribution in [-0.2, 0) is 19.0 Å². The van der Waals surface area contributed by atoms with Gasteiger partial charge in [-0.05, 0) is 19.3 Å². The lowest BCUT2D eigenvalue weighted by Gasteiger charge is -2.40. The molecule has 5 heteroatoms. The van der Waals surface area contributed by atoms with Gasteiger partial charge in [0, 0.05) is 20.8 Å². The van der Waals surface area contributed by atoms with Crippen LogP contribution in [-0.4, -0.2) is 52.1 Å². The van der Waals surface area contributed by atoms with Gasteiger partial charge in [-0.1, -0.05) is 0 Å². The van der Waals surface area contributed by atoms with Crippen LogP contribution in [0.15, 0.2) is 0 Å². The third-order valence-electron chi connectivity index (χ3n) is 2.97. The summed E-state index contributed by atoms with van der Waals surface area (Å²) >= 11 is 0. The number of methoxy groups -OCH3 is 2. The molecule has 0 spiro atoms. The van der Waals surface area contributed by atoms with E-state index in [-0.39, 0.29) is 18.1 Å². The van der Waals surface area contributed by atoms with Crippen molar-refractivity contribution < 1.29 is 19.0 Å². The van der Waals surface area contributed by atoms with Gasteiger partial charge in [-0.2, -0.15) is 0 Å². The van der Waals surface area contributed by atoms with Crippen molar-refractivity contribution >= 4 is 5.91 Å². The van der Waals surface area contributed by atoms with E-state index < -0.39 is 0 Å². The lowest BCUT2D eigenvalue weighted by molar-refractivity contribution is -0.129. The predicted molar refractivity (Wildman–Crippen MR) is 59.3 cm³/mol. The summed E-state index contributed by atoms with van der Waals surface area (Å²) in [5.41, 5.74) is -0.123. The van der Waals surface area contributed by atoms with Crippen LogP contribution in [0.1, 0.15) is 19.3 Å². The molecule has 94 valence electrons. The number of nitrogens with one attached hydrogen (secondary N) is 1. The summed E-state index contributed by atoms with van der Waals surface area (Å²) in [5, 5.41) is 2.82. The second-order valence-corrected chi connectivity index (χ2v) is 4.06. The topological polar surface area (TPSA) is 56.8 Å². The van der Waals surface area contributed by atoms with Crippen molar-refractivity contribution in [2.75, 3.05) is 40.6 Å². The minimum Gasteiger partial charge on any atom is -0.382 e. The Bertz CT molecular complexity index is 211. The van der Waals surface area contributed by atoms with Gasteiger partial charge >= 0.3 is 0 Å². The Morgan fingerprint density at radius 1 is 1.31 bits per heavy atom. The highest BCUT2D eigenvalue weighted by molar-refractivity contribution is 5.77. The molecule has 0 aromatic carbocycles. The van der Waals surface area contributed by atoms with Crippen molar-refractivity contribution in [3.8, 4) is 0 Å². The predicted octanol–water partition coefficient (Wildman–Crippen LogP) is 0.335. The summed E-state index contributed by atoms with van der Waals surface area (Å²) in [4.78, 5) is 11.4. The first kappa shape index (κ1) is 13.4. The molecule has 0 bridgehead atoms. The fourth-order valence-corrected chi connectivity index (χ4v) is 1.64. The SMILES string of the molecule is COCCOCC(=O)NCC1(OC)CCC1. The second-order valence-electron chi connectivity index (χ2n) is 4.06. The van der Waals surface area contributed by atoms with E-state index in [4.69, 9.17) is 14.2 Å². The number of carbonyl (C=O) groups excluding carboxylic acids is 1. The smallest absolute Gasteiger partial charge is 0.246 e. The van der Waals surface area contributed by atoms with Crippen LogP contribution in [0.5, 0.6) is 0 Å². The van der Waals surface area contributed by atoms with Crippen LogP contribution in [0.3, 0.4) is 0 Å². The van der Waals surface area contributed by atoms with Crippen LogP contribution in [0.2, 0.25) is 0 Å². The van der Waals surface area contributed by atoms with E-state index in [0.717, 1.165) is 12.8 Å². The quantitative estimate of drug-likeness (QED) is 0.612. The molecular weight excluding hydrogens is 210 g/mol. The molecule has 0 atom stereocenters. The van der Waals surface area contributed by atoms with E-state index in [0.29, 0.717) is 19.8 Å². The minimum atomic E-state index is -0.123. The molecule has 1 N–H and O–H groups in total. The Labute approximate surface area is 96.4 Å². The molecule has 0 heterocycles. The van der Waals surface area contributed by atoms with Crippen molar-refractivity contribution in [2.24, 2.45) is 0 Å². The summed E-state index contributed by atoms with van der Waals surface area (Å²) in [6.07, 6.45) is 3.22. The van der Waals surface area contributed by atoms with E-state index >= 15 is 0 Å². The molecule has 1 aliphatic rings. The second kappa shape index (κ2) is 6.83. The molecule has 0 radical (unpaired) electrons. The third kappa shape index (κ3) is 4.08. The average Bonchev–Trinajstić information content (AvgIpc) is 2.24. The highest BCUT2D eigenvalue weighted by Crippen LogP contribution is 2.34. The average molecular weight is 231 g/mol. The first-order chi connectivity index (χ1) is 7.72. The van der Waals surface area contributed by atoms with Gasteiger partial charge in [0.15, 0.2) is 0 Å². The van der Waals surface area contributed by atoms with E-state index in [9.17, 15) is 4.79 Å². The Morgan fingerprint density at radius 2 is 2.06 bits per heavy atom. The van der Waals surface area contributed by atoms with Crippen molar-refractivity contribution in [3.05, 3.63) is 0 Å². The lowest BCUT2D eigenvalue weighted by Crippen LogP contribution is -2.50. The molecule has 5 nitrogen and oxygen atoms in total. The van der Waals surface area contributed by atoms with Gasteiger partial charge in [-0.15, -0.1) is 0 Å². The van der Waals surface area contributed by atoms with Gasteiger partial charge in [0.05, 0.1) is 18.8 Å². The first-order valence-corrected chi connectivity index (χ1v) is 5.61. The molecule has 0 aliphatic heterocycles. The summed E-state index contributed by atoms with van der Waals surface area (Å²) in [7, 11) is 3.29. The lowest BCUT2D eigenvalue weighted by atomic mass is 9.80. The molecule has 16 heavy (non-hydrogen) atoms. The Kier molecular flexibility index (Phi) is 5.73. The van der Waals surface area contributed by atoms with Crippen molar-refractivity contribution in [1.29, 1.82) is 0 Å². The maximum Gasteiger partial charge on any atom is 0.246 e. The van der Waals surface area contributed by atoms with Gasteiger partial charge in [0.25, 0.3) is 0 Å². The maximum atomic E-state index is 11.4. The van der Waals surface area contributed by atoms with Gasteiger partial charge < -0.3 is 19.5 Å². The number of carbonyl (C=O) groups is 1.